The Morgan fingerprint density at radius 1 is 1.17 bits per heavy atom. The van der Waals surface area contributed by atoms with Gasteiger partial charge in [-0.2, -0.15) is 0 Å². The Bertz CT molecular complexity index is 949. The van der Waals surface area contributed by atoms with Gasteiger partial charge in [-0.25, -0.2) is 9.18 Å². The van der Waals surface area contributed by atoms with Gasteiger partial charge in [-0.1, -0.05) is 25.1 Å². The Hall–Kier alpha value is -2.96. The zero-order chi connectivity index (χ0) is 22.0. The summed E-state index contributed by atoms with van der Waals surface area (Å²) < 4.78 is 25.2. The van der Waals surface area contributed by atoms with Crippen molar-refractivity contribution < 1.29 is 28.2 Å². The summed E-state index contributed by atoms with van der Waals surface area (Å²) in [7, 11) is 0. The van der Waals surface area contributed by atoms with E-state index in [-0.39, 0.29) is 35.8 Å². The van der Waals surface area contributed by atoms with Gasteiger partial charge in [0, 0.05) is 22.5 Å². The number of halogens is 1. The molecule has 0 amide bonds. The van der Waals surface area contributed by atoms with Crippen LogP contribution in [0.25, 0.3) is 0 Å². The third-order valence-corrected chi connectivity index (χ3v) is 5.54. The summed E-state index contributed by atoms with van der Waals surface area (Å²) in [6, 6.07) is 6.03. The van der Waals surface area contributed by atoms with Crippen LogP contribution < -0.4 is 5.32 Å². The lowest BCUT2D eigenvalue weighted by atomic mass is 9.69. The number of rotatable bonds is 5. The molecule has 6 nitrogen and oxygen atoms in total. The standard InChI is InChI=1S/C23H26FNO5/c1-5-29-22(27)17-12(3)11-16-20(21(17)26)19(14-9-7-8-10-15(14)24)18(13(4)25-16)23(28)30-6-2/h7-10,12,17,19,25H,5-6,11H2,1-4H3/t12-,17+,19-/m1/s1. The molecule has 3 rings (SSSR count). The number of allylic oxidation sites excluding steroid dienone is 3. The van der Waals surface area contributed by atoms with E-state index in [0.717, 1.165) is 0 Å². The number of esters is 2. The molecule has 0 unspecified atom stereocenters. The van der Waals surface area contributed by atoms with E-state index in [1.807, 2.05) is 6.92 Å². The first-order valence-corrected chi connectivity index (χ1v) is 10.1. The van der Waals surface area contributed by atoms with Gasteiger partial charge >= 0.3 is 11.9 Å². The molecule has 30 heavy (non-hydrogen) atoms. The number of dihydropyridines is 1. The topological polar surface area (TPSA) is 81.7 Å². The highest BCUT2D eigenvalue weighted by Crippen LogP contribution is 2.46. The average molecular weight is 415 g/mol. The van der Waals surface area contributed by atoms with E-state index < -0.39 is 35.4 Å². The first-order chi connectivity index (χ1) is 14.3. The molecule has 0 saturated heterocycles. The summed E-state index contributed by atoms with van der Waals surface area (Å²) in [4.78, 5) is 38.8. The third kappa shape index (κ3) is 3.76. The second-order valence-corrected chi connectivity index (χ2v) is 7.51. The van der Waals surface area contributed by atoms with E-state index in [9.17, 15) is 18.8 Å². The van der Waals surface area contributed by atoms with Crippen LogP contribution in [0.15, 0.2) is 46.8 Å². The average Bonchev–Trinajstić information content (AvgIpc) is 2.67. The normalized spacial score (nSPS) is 23.6. The van der Waals surface area contributed by atoms with E-state index in [1.165, 1.54) is 6.07 Å². The van der Waals surface area contributed by atoms with E-state index in [1.54, 1.807) is 39.0 Å². The largest absolute Gasteiger partial charge is 0.465 e. The van der Waals surface area contributed by atoms with Gasteiger partial charge in [0.05, 0.1) is 24.7 Å². The number of ether oxygens (including phenoxy) is 2. The SMILES string of the molecule is CCOC(=O)C1=C(C)NC2=C(C(=O)[C@@H](C(=O)OCC)[C@H](C)C2)[C@@H]1c1ccccc1F. The third-order valence-electron chi connectivity index (χ3n) is 5.54. The number of carbonyl (C=O) groups excluding carboxylic acids is 3. The molecule has 0 saturated carbocycles. The van der Waals surface area contributed by atoms with Gasteiger partial charge in [0.25, 0.3) is 0 Å². The van der Waals surface area contributed by atoms with Crippen LogP contribution in [0.2, 0.25) is 0 Å². The molecular weight excluding hydrogens is 389 g/mol. The summed E-state index contributed by atoms with van der Waals surface area (Å²) in [5, 5.41) is 3.14. The molecule has 1 aromatic carbocycles. The van der Waals surface area contributed by atoms with E-state index in [2.05, 4.69) is 5.32 Å². The van der Waals surface area contributed by atoms with E-state index in [0.29, 0.717) is 17.8 Å². The molecule has 2 aliphatic rings. The minimum atomic E-state index is -0.998. The van der Waals surface area contributed by atoms with Gasteiger partial charge in [0.1, 0.15) is 11.7 Å². The number of ketones is 1. The van der Waals surface area contributed by atoms with Gasteiger partial charge in [-0.3, -0.25) is 9.59 Å². The number of hydrogen-bond donors (Lipinski definition) is 1. The Labute approximate surface area is 175 Å². The zero-order valence-electron chi connectivity index (χ0n) is 17.6. The van der Waals surface area contributed by atoms with Crippen molar-refractivity contribution in [2.45, 2.75) is 40.0 Å². The van der Waals surface area contributed by atoms with Crippen molar-refractivity contribution >= 4 is 17.7 Å². The molecule has 0 spiro atoms. The van der Waals surface area contributed by atoms with Gasteiger partial charge in [-0.05, 0) is 39.2 Å². The summed E-state index contributed by atoms with van der Waals surface area (Å²) in [6.07, 6.45) is 0.406. The molecule has 1 N–H and O–H groups in total. The lowest BCUT2D eigenvalue weighted by Gasteiger charge is -2.38. The highest BCUT2D eigenvalue weighted by atomic mass is 19.1. The number of hydrogen-bond acceptors (Lipinski definition) is 6. The summed E-state index contributed by atoms with van der Waals surface area (Å²) in [6.45, 7) is 7.16. The number of nitrogens with one attached hydrogen (secondary N) is 1. The smallest absolute Gasteiger partial charge is 0.336 e. The molecule has 3 atom stereocenters. The van der Waals surface area contributed by atoms with Crippen LogP contribution in [0.4, 0.5) is 4.39 Å². The highest BCUT2D eigenvalue weighted by molar-refractivity contribution is 6.12. The predicted molar refractivity (Wildman–Crippen MR) is 108 cm³/mol. The lowest BCUT2D eigenvalue weighted by molar-refractivity contribution is -0.153. The zero-order valence-corrected chi connectivity index (χ0v) is 17.6. The van der Waals surface area contributed by atoms with Crippen LogP contribution >= 0.6 is 0 Å². The monoisotopic (exact) mass is 415 g/mol. The summed E-state index contributed by atoms with van der Waals surface area (Å²) >= 11 is 0. The quantitative estimate of drug-likeness (QED) is 0.586. The van der Waals surface area contributed by atoms with Crippen LogP contribution in [0.5, 0.6) is 0 Å². The first-order valence-electron chi connectivity index (χ1n) is 10.1. The van der Waals surface area contributed by atoms with Crippen LogP contribution in [0, 0.1) is 17.7 Å². The van der Waals surface area contributed by atoms with Crippen molar-refractivity contribution in [3.8, 4) is 0 Å². The Morgan fingerprint density at radius 2 is 1.83 bits per heavy atom. The van der Waals surface area contributed by atoms with Gasteiger partial charge in [0.2, 0.25) is 0 Å². The fourth-order valence-electron chi connectivity index (χ4n) is 4.29. The predicted octanol–water partition coefficient (Wildman–Crippen LogP) is 3.39. The van der Waals surface area contributed by atoms with Crippen molar-refractivity contribution in [3.05, 3.63) is 58.2 Å². The molecule has 160 valence electrons. The molecule has 0 bridgehead atoms. The van der Waals surface area contributed by atoms with Crippen LogP contribution in [-0.4, -0.2) is 30.9 Å². The number of benzene rings is 1. The molecule has 0 fully saturated rings. The molecule has 1 aromatic rings. The van der Waals surface area contributed by atoms with E-state index >= 15 is 0 Å². The Balaban J connectivity index is 2.18. The lowest BCUT2D eigenvalue weighted by Crippen LogP contribution is -2.43. The van der Waals surface area contributed by atoms with Gasteiger partial charge in [0.15, 0.2) is 5.78 Å². The van der Waals surface area contributed by atoms with E-state index in [4.69, 9.17) is 9.47 Å². The van der Waals surface area contributed by atoms with Gasteiger partial charge < -0.3 is 14.8 Å². The summed E-state index contributed by atoms with van der Waals surface area (Å²) in [5.74, 6) is -4.46. The van der Waals surface area contributed by atoms with Crippen molar-refractivity contribution in [2.24, 2.45) is 11.8 Å². The number of Topliss-reactive ketones (excluding diaryl/α,β-unsaturated/α-hetero) is 1. The molecule has 0 radical (unpaired) electrons. The van der Waals surface area contributed by atoms with Crippen molar-refractivity contribution in [1.29, 1.82) is 0 Å². The molecule has 7 heteroatoms. The first kappa shape index (κ1) is 21.7. The van der Waals surface area contributed by atoms with Gasteiger partial charge in [-0.15, -0.1) is 0 Å². The minimum absolute atomic E-state index is 0.141. The van der Waals surface area contributed by atoms with Crippen molar-refractivity contribution in [2.75, 3.05) is 13.2 Å². The van der Waals surface area contributed by atoms with Crippen LogP contribution in [-0.2, 0) is 23.9 Å². The molecule has 0 aromatic heterocycles. The second-order valence-electron chi connectivity index (χ2n) is 7.51. The fourth-order valence-corrected chi connectivity index (χ4v) is 4.29. The maximum absolute atomic E-state index is 14.8. The fraction of sp³-hybridized carbons (Fsp3) is 0.435. The van der Waals surface area contributed by atoms with Crippen LogP contribution in [0.3, 0.4) is 0 Å². The minimum Gasteiger partial charge on any atom is -0.465 e. The van der Waals surface area contributed by atoms with Crippen molar-refractivity contribution in [1.82, 2.24) is 5.32 Å². The molecular formula is C23H26FNO5. The Morgan fingerprint density at radius 3 is 2.47 bits per heavy atom. The molecule has 1 heterocycles. The summed E-state index contributed by atoms with van der Waals surface area (Å²) in [5.41, 5.74) is 1.71. The highest BCUT2D eigenvalue weighted by Gasteiger charge is 2.47. The number of carbonyl (C=O) groups is 3. The van der Waals surface area contributed by atoms with Crippen molar-refractivity contribution in [3.63, 3.8) is 0 Å². The molecule has 1 aliphatic carbocycles. The Kier molecular flexibility index (Phi) is 6.39. The van der Waals surface area contributed by atoms with Crippen LogP contribution in [0.1, 0.15) is 45.6 Å². The second kappa shape index (κ2) is 8.81. The maximum Gasteiger partial charge on any atom is 0.336 e. The molecule has 1 aliphatic heterocycles. The maximum atomic E-state index is 14.8.